The number of anilines is 3. The highest BCUT2D eigenvalue weighted by Crippen LogP contribution is 2.32. The molecule has 6 N–H and O–H groups in total. The first-order chi connectivity index (χ1) is 24.3. The number of urea groups is 1. The number of sulfone groups is 1. The molecule has 4 aromatic rings. The van der Waals surface area contributed by atoms with E-state index in [-0.39, 0.29) is 17.5 Å². The van der Waals surface area contributed by atoms with Gasteiger partial charge in [-0.15, -0.1) is 0 Å². The molecule has 1 heterocycles. The van der Waals surface area contributed by atoms with Gasteiger partial charge >= 0.3 is 18.2 Å². The summed E-state index contributed by atoms with van der Waals surface area (Å²) in [6, 6.07) is 15.6. The lowest BCUT2D eigenvalue weighted by atomic mass is 10.0. The molecule has 3 aromatic carbocycles. The van der Waals surface area contributed by atoms with Crippen molar-refractivity contribution < 1.29 is 45.8 Å². The van der Waals surface area contributed by atoms with Crippen LogP contribution in [0.4, 0.5) is 35.2 Å². The van der Waals surface area contributed by atoms with Crippen molar-refractivity contribution in [3.8, 4) is 5.75 Å². The summed E-state index contributed by atoms with van der Waals surface area (Å²) in [5, 5.41) is 17.3. The van der Waals surface area contributed by atoms with E-state index in [1.165, 1.54) is 17.0 Å². The molecule has 52 heavy (non-hydrogen) atoms. The van der Waals surface area contributed by atoms with Crippen LogP contribution in [0.15, 0.2) is 71.8 Å². The van der Waals surface area contributed by atoms with Gasteiger partial charge in [0.25, 0.3) is 0 Å². The number of alkyl halides is 3. The van der Waals surface area contributed by atoms with Crippen molar-refractivity contribution in [1.29, 1.82) is 0 Å². The third kappa shape index (κ3) is 10.6. The van der Waals surface area contributed by atoms with Crippen LogP contribution in [0.3, 0.4) is 0 Å². The molecule has 1 atom stereocenters. The number of nitrogen functional groups attached to an aromatic ring is 1. The molecule has 0 aliphatic carbocycles. The lowest BCUT2D eigenvalue weighted by molar-refractivity contribution is -0.192. The van der Waals surface area contributed by atoms with Crippen LogP contribution in [0, 0.1) is 0 Å². The van der Waals surface area contributed by atoms with Crippen LogP contribution in [0.1, 0.15) is 37.9 Å². The number of carboxylic acids is 1. The molecule has 18 heteroatoms. The molecule has 3 amide bonds. The van der Waals surface area contributed by atoms with E-state index in [2.05, 4.69) is 20.9 Å². The Balaban J connectivity index is 0.000000944. The number of pyridine rings is 1. The highest BCUT2D eigenvalue weighted by Gasteiger charge is 2.38. The molecular weight excluding hydrogens is 729 g/mol. The number of nitrogens with one attached hydrogen (secondary N) is 3. The normalized spacial score (nSPS) is 12.0. The Labute approximate surface area is 303 Å². The molecule has 13 nitrogen and oxygen atoms in total. The maximum atomic E-state index is 13.9. The quantitative estimate of drug-likeness (QED) is 0.117. The number of nitrogens with two attached hydrogens (primary N) is 1. The molecule has 4 rings (SSSR count). The Bertz CT molecular complexity index is 2050. The van der Waals surface area contributed by atoms with Crippen molar-refractivity contribution in [3.63, 3.8) is 0 Å². The van der Waals surface area contributed by atoms with Gasteiger partial charge in [0.2, 0.25) is 5.91 Å². The van der Waals surface area contributed by atoms with Crippen LogP contribution in [0.5, 0.6) is 5.75 Å². The Morgan fingerprint density at radius 3 is 2.27 bits per heavy atom. The number of rotatable bonds is 11. The fraction of sp³-hybridized carbons (Fsp3) is 0.294. The Morgan fingerprint density at radius 1 is 1.02 bits per heavy atom. The van der Waals surface area contributed by atoms with Crippen LogP contribution in [0.2, 0.25) is 5.02 Å². The van der Waals surface area contributed by atoms with Gasteiger partial charge < -0.3 is 36.4 Å². The van der Waals surface area contributed by atoms with Gasteiger partial charge in [0.1, 0.15) is 17.6 Å². The van der Waals surface area contributed by atoms with E-state index in [9.17, 15) is 31.2 Å². The summed E-state index contributed by atoms with van der Waals surface area (Å²) < 4.78 is 63.9. The van der Waals surface area contributed by atoms with Crippen molar-refractivity contribution >= 4 is 67.3 Å². The highest BCUT2D eigenvalue weighted by molar-refractivity contribution is 7.92. The number of hydrogen-bond donors (Lipinski definition) is 5. The third-order valence-electron chi connectivity index (χ3n) is 7.30. The van der Waals surface area contributed by atoms with Gasteiger partial charge in [0.05, 0.1) is 21.8 Å². The zero-order chi connectivity index (χ0) is 39.0. The average molecular weight is 767 g/mol. The first-order valence-electron chi connectivity index (χ1n) is 15.5. The fourth-order valence-corrected chi connectivity index (χ4v) is 6.00. The lowest BCUT2D eigenvalue weighted by Gasteiger charge is -2.22. The summed E-state index contributed by atoms with van der Waals surface area (Å²) in [5.74, 6) is -2.39. The van der Waals surface area contributed by atoms with Crippen LogP contribution in [0.25, 0.3) is 10.8 Å². The number of carboxylic acid groups (broad SMARTS) is 1. The zero-order valence-electron chi connectivity index (χ0n) is 28.7. The second kappa shape index (κ2) is 17.3. The summed E-state index contributed by atoms with van der Waals surface area (Å²) in [4.78, 5) is 40.7. The molecule has 0 bridgehead atoms. The SMILES string of the molecule is CCOc1cc(C(Nc2ccc3c(N)nccc3c2)C(=O)NCc2cc(NC(=O)N(C)C)ccc2S(=O)(=O)C(C)C)ccc1Cl.O=C(O)C(F)(F)F. The van der Waals surface area contributed by atoms with Gasteiger partial charge in [-0.25, -0.2) is 23.0 Å². The predicted molar refractivity (Wildman–Crippen MR) is 192 cm³/mol. The number of aromatic nitrogens is 1. The van der Waals surface area contributed by atoms with E-state index in [1.807, 2.05) is 25.1 Å². The van der Waals surface area contributed by atoms with Crippen LogP contribution in [-0.2, 0) is 26.0 Å². The number of nitrogens with zero attached hydrogens (tertiary/aromatic N) is 2. The van der Waals surface area contributed by atoms with Gasteiger partial charge in [-0.2, -0.15) is 13.2 Å². The van der Waals surface area contributed by atoms with Crippen molar-refractivity contribution in [2.75, 3.05) is 37.1 Å². The van der Waals surface area contributed by atoms with Crippen molar-refractivity contribution in [2.45, 2.75) is 49.7 Å². The molecule has 0 spiro atoms. The molecular formula is C34H38ClF3N6O7S. The van der Waals surface area contributed by atoms with E-state index < -0.39 is 39.2 Å². The number of hydrogen-bond acceptors (Lipinski definition) is 9. The first-order valence-corrected chi connectivity index (χ1v) is 17.4. The molecule has 0 radical (unpaired) electrons. The van der Waals surface area contributed by atoms with Crippen LogP contribution >= 0.6 is 11.6 Å². The predicted octanol–water partition coefficient (Wildman–Crippen LogP) is 6.25. The second-order valence-electron chi connectivity index (χ2n) is 11.6. The molecule has 0 saturated carbocycles. The number of fused-ring (bicyclic) bond motifs is 1. The average Bonchev–Trinajstić information content (AvgIpc) is 3.07. The second-order valence-corrected chi connectivity index (χ2v) is 14.5. The summed E-state index contributed by atoms with van der Waals surface area (Å²) >= 11 is 6.34. The number of aliphatic carboxylic acids is 1. The maximum Gasteiger partial charge on any atom is 0.490 e. The first kappa shape index (κ1) is 41.1. The number of carbonyl (C=O) groups excluding carboxylic acids is 2. The number of benzene rings is 3. The molecule has 0 aliphatic heterocycles. The van der Waals surface area contributed by atoms with E-state index in [0.717, 1.165) is 10.8 Å². The number of carbonyl (C=O) groups is 3. The Kier molecular flexibility index (Phi) is 13.7. The molecule has 1 aromatic heterocycles. The van der Waals surface area contributed by atoms with Gasteiger partial charge in [-0.05, 0) is 91.9 Å². The Hall–Kier alpha value is -5.29. The van der Waals surface area contributed by atoms with Gasteiger partial charge in [-0.3, -0.25) is 4.79 Å². The molecule has 0 fully saturated rings. The van der Waals surface area contributed by atoms with Crippen LogP contribution in [-0.4, -0.2) is 73.4 Å². The van der Waals surface area contributed by atoms with Crippen LogP contribution < -0.4 is 26.4 Å². The summed E-state index contributed by atoms with van der Waals surface area (Å²) in [5.41, 5.74) is 7.94. The van der Waals surface area contributed by atoms with E-state index in [0.29, 0.717) is 45.7 Å². The molecule has 0 aliphatic rings. The van der Waals surface area contributed by atoms with E-state index in [4.69, 9.17) is 32.0 Å². The van der Waals surface area contributed by atoms with E-state index in [1.54, 1.807) is 64.5 Å². The molecule has 1 unspecified atom stereocenters. The molecule has 280 valence electrons. The smallest absolute Gasteiger partial charge is 0.490 e. The minimum absolute atomic E-state index is 0.0658. The zero-order valence-corrected chi connectivity index (χ0v) is 30.3. The van der Waals surface area contributed by atoms with Crippen molar-refractivity contribution in [1.82, 2.24) is 15.2 Å². The van der Waals surface area contributed by atoms with Gasteiger partial charge in [-0.1, -0.05) is 17.7 Å². The summed E-state index contributed by atoms with van der Waals surface area (Å²) in [6.07, 6.45) is -3.48. The van der Waals surface area contributed by atoms with Gasteiger partial charge in [0, 0.05) is 43.6 Å². The number of amides is 3. The fourth-order valence-electron chi connectivity index (χ4n) is 4.57. The largest absolute Gasteiger partial charge is 0.492 e. The topological polar surface area (TPSA) is 193 Å². The van der Waals surface area contributed by atoms with E-state index >= 15 is 0 Å². The summed E-state index contributed by atoms with van der Waals surface area (Å²) in [6.45, 7) is 5.25. The summed E-state index contributed by atoms with van der Waals surface area (Å²) in [7, 11) is -0.528. The number of halogens is 4. The third-order valence-corrected chi connectivity index (χ3v) is 9.86. The maximum absolute atomic E-state index is 13.9. The lowest BCUT2D eigenvalue weighted by Crippen LogP contribution is -2.34. The number of ether oxygens (including phenoxy) is 1. The minimum Gasteiger partial charge on any atom is -0.492 e. The van der Waals surface area contributed by atoms with Gasteiger partial charge in [0.15, 0.2) is 9.84 Å². The monoisotopic (exact) mass is 766 g/mol. The minimum atomic E-state index is -5.08. The molecule has 0 saturated heterocycles. The Morgan fingerprint density at radius 2 is 1.67 bits per heavy atom. The van der Waals surface area contributed by atoms with Crippen molar-refractivity contribution in [3.05, 3.63) is 83.0 Å². The highest BCUT2D eigenvalue weighted by atomic mass is 35.5. The van der Waals surface area contributed by atoms with Crippen molar-refractivity contribution in [2.24, 2.45) is 0 Å². The standard InChI is InChI=1S/C32H37ClN6O5S.C2HF3O2/c1-6-44-27-17-21(7-11-26(27)33)29(37-23-8-10-25-20(15-23)13-14-35-30(25)34)31(40)36-18-22-16-24(38-32(41)39(4)5)9-12-28(22)45(42,43)19(2)3;3-2(4,5)1(6)7/h7-17,19,29,37H,6,18H2,1-5H3,(H2,34,35)(H,36,40)(H,38,41);(H,6,7).